The molecule has 0 bridgehead atoms. The molecule has 0 fully saturated rings. The van der Waals surface area contributed by atoms with Crippen LogP contribution in [-0.2, 0) is 0 Å². The molecule has 6 aromatic carbocycles. The van der Waals surface area contributed by atoms with Gasteiger partial charge in [-0.05, 0) is 76.9 Å². The molecule has 3 aromatic heterocycles. The number of benzene rings is 6. The van der Waals surface area contributed by atoms with Crippen molar-refractivity contribution in [1.29, 1.82) is 0 Å². The lowest BCUT2D eigenvalue weighted by molar-refractivity contribution is 1.17. The average Bonchev–Trinajstić information content (AvgIpc) is 3.61. The van der Waals surface area contributed by atoms with Crippen LogP contribution in [0.4, 0.5) is 0 Å². The zero-order valence-corrected chi connectivity index (χ0v) is 23.9. The Balaban J connectivity index is 1.21. The molecule has 44 heavy (non-hydrogen) atoms. The van der Waals surface area contributed by atoms with E-state index in [1.807, 2.05) is 12.4 Å². The van der Waals surface area contributed by atoms with E-state index in [-0.39, 0.29) is 0 Å². The zero-order valence-electron chi connectivity index (χ0n) is 23.9. The van der Waals surface area contributed by atoms with Gasteiger partial charge in [0.25, 0.3) is 0 Å². The second kappa shape index (κ2) is 9.82. The van der Waals surface area contributed by atoms with Crippen molar-refractivity contribution in [2.24, 2.45) is 0 Å². The number of para-hydroxylation sites is 2. The minimum atomic E-state index is 1.11. The number of hydrogen-bond acceptors (Lipinski definition) is 1. The highest BCUT2D eigenvalue weighted by molar-refractivity contribution is 6.12. The van der Waals surface area contributed by atoms with Gasteiger partial charge in [-0.2, -0.15) is 0 Å². The minimum Gasteiger partial charge on any atom is -0.309 e. The highest BCUT2D eigenvalue weighted by Crippen LogP contribution is 2.38. The molecule has 0 aliphatic heterocycles. The Hall–Kier alpha value is -5.93. The molecule has 0 unspecified atom stereocenters. The van der Waals surface area contributed by atoms with Crippen molar-refractivity contribution in [2.45, 2.75) is 0 Å². The monoisotopic (exact) mass is 561 g/mol. The van der Waals surface area contributed by atoms with Gasteiger partial charge < -0.3 is 9.13 Å². The van der Waals surface area contributed by atoms with E-state index < -0.39 is 0 Å². The van der Waals surface area contributed by atoms with Crippen LogP contribution < -0.4 is 0 Å². The molecule has 3 heteroatoms. The van der Waals surface area contributed by atoms with Crippen molar-refractivity contribution in [1.82, 2.24) is 14.1 Å². The van der Waals surface area contributed by atoms with Crippen LogP contribution in [0.3, 0.4) is 0 Å². The molecule has 0 spiro atoms. The summed E-state index contributed by atoms with van der Waals surface area (Å²) in [5, 5.41) is 4.94. The predicted molar refractivity (Wildman–Crippen MR) is 184 cm³/mol. The summed E-state index contributed by atoms with van der Waals surface area (Å²) in [6.07, 6.45) is 3.85. The van der Waals surface area contributed by atoms with Gasteiger partial charge in [0, 0.05) is 39.1 Å². The summed E-state index contributed by atoms with van der Waals surface area (Å²) < 4.78 is 4.71. The molecule has 0 aliphatic rings. The fourth-order valence-corrected chi connectivity index (χ4v) is 6.77. The van der Waals surface area contributed by atoms with Crippen molar-refractivity contribution >= 4 is 43.6 Å². The molecule has 0 saturated carbocycles. The first kappa shape index (κ1) is 24.6. The summed E-state index contributed by atoms with van der Waals surface area (Å²) in [5.74, 6) is 0. The first-order valence-electron chi connectivity index (χ1n) is 15.0. The maximum absolute atomic E-state index is 4.46. The Morgan fingerprint density at radius 2 is 0.909 bits per heavy atom. The van der Waals surface area contributed by atoms with Crippen LogP contribution in [0.1, 0.15) is 0 Å². The van der Waals surface area contributed by atoms with Crippen LogP contribution >= 0.6 is 0 Å². The maximum Gasteiger partial charge on any atom is 0.0724 e. The molecular weight excluding hydrogens is 534 g/mol. The van der Waals surface area contributed by atoms with Gasteiger partial charge in [-0.1, -0.05) is 97.1 Å². The Morgan fingerprint density at radius 3 is 1.75 bits per heavy atom. The van der Waals surface area contributed by atoms with Crippen LogP contribution in [0.5, 0.6) is 0 Å². The normalized spacial score (nSPS) is 11.6. The van der Waals surface area contributed by atoms with E-state index in [4.69, 9.17) is 0 Å². The lowest BCUT2D eigenvalue weighted by atomic mass is 10.0. The average molecular weight is 562 g/mol. The first-order valence-corrected chi connectivity index (χ1v) is 15.0. The predicted octanol–water partition coefficient (Wildman–Crippen LogP) is 10.6. The lowest BCUT2D eigenvalue weighted by Crippen LogP contribution is -1.94. The number of aromatic nitrogens is 3. The van der Waals surface area contributed by atoms with Crippen LogP contribution in [0.15, 0.2) is 164 Å². The highest BCUT2D eigenvalue weighted by Gasteiger charge is 2.16. The van der Waals surface area contributed by atoms with E-state index in [0.29, 0.717) is 0 Å². The van der Waals surface area contributed by atoms with Gasteiger partial charge in [-0.15, -0.1) is 0 Å². The molecule has 206 valence electrons. The Kier molecular flexibility index (Phi) is 5.50. The van der Waals surface area contributed by atoms with Gasteiger partial charge in [-0.3, -0.25) is 4.98 Å². The Morgan fingerprint density at radius 1 is 0.341 bits per heavy atom. The van der Waals surface area contributed by atoms with E-state index in [1.165, 1.54) is 60.3 Å². The number of nitrogens with zero attached hydrogens (tertiary/aromatic N) is 3. The van der Waals surface area contributed by atoms with Crippen molar-refractivity contribution in [3.63, 3.8) is 0 Å². The van der Waals surface area contributed by atoms with Crippen molar-refractivity contribution in [2.75, 3.05) is 0 Å². The summed E-state index contributed by atoms with van der Waals surface area (Å²) in [6.45, 7) is 0. The summed E-state index contributed by atoms with van der Waals surface area (Å²) in [7, 11) is 0. The molecule has 0 N–H and O–H groups in total. The smallest absolute Gasteiger partial charge is 0.0724 e. The van der Waals surface area contributed by atoms with Crippen molar-refractivity contribution in [3.8, 4) is 33.6 Å². The van der Waals surface area contributed by atoms with Gasteiger partial charge >= 0.3 is 0 Å². The quantitative estimate of drug-likeness (QED) is 0.210. The molecular formula is C41H27N3. The van der Waals surface area contributed by atoms with E-state index >= 15 is 0 Å². The zero-order chi connectivity index (χ0) is 29.0. The SMILES string of the molecule is c1ccc(-c2ccc(-n3c4ccccc4c4cc(-c5ccc6c7ccncc7n(-c7ccccc7)c6c5)ccc43)cc2)cc1. The molecule has 0 radical (unpaired) electrons. The standard InChI is InChI=1S/C41H27N3/c1-3-9-28(10-4-1)29-15-19-33(20-16-29)43-38-14-8-7-13-34(38)37-25-30(18-22-39(37)43)31-17-21-35-36-23-24-42-27-41(36)44(40(35)26-31)32-11-5-2-6-12-32/h1-27H. The van der Waals surface area contributed by atoms with E-state index in [2.05, 4.69) is 166 Å². The third-order valence-electron chi connectivity index (χ3n) is 8.82. The highest BCUT2D eigenvalue weighted by atomic mass is 15.0. The number of pyridine rings is 1. The minimum absolute atomic E-state index is 1.11. The summed E-state index contributed by atoms with van der Waals surface area (Å²) >= 11 is 0. The molecule has 0 aliphatic carbocycles. The third kappa shape index (κ3) is 3.80. The van der Waals surface area contributed by atoms with Crippen molar-refractivity contribution < 1.29 is 0 Å². The van der Waals surface area contributed by atoms with E-state index in [9.17, 15) is 0 Å². The molecule has 0 atom stereocenters. The second-order valence-corrected chi connectivity index (χ2v) is 11.3. The molecule has 3 heterocycles. The number of fused-ring (bicyclic) bond motifs is 6. The summed E-state index contributed by atoms with van der Waals surface area (Å²) in [5.41, 5.74) is 11.8. The molecule has 3 nitrogen and oxygen atoms in total. The molecule has 0 amide bonds. The molecule has 9 aromatic rings. The third-order valence-corrected chi connectivity index (χ3v) is 8.82. The summed E-state index contributed by atoms with van der Waals surface area (Å²) in [6, 6.07) is 54.6. The van der Waals surface area contributed by atoms with Crippen LogP contribution in [0, 0.1) is 0 Å². The number of hydrogen-bond donors (Lipinski definition) is 0. The van der Waals surface area contributed by atoms with Crippen molar-refractivity contribution in [3.05, 3.63) is 164 Å². The van der Waals surface area contributed by atoms with Gasteiger partial charge in [0.1, 0.15) is 0 Å². The van der Waals surface area contributed by atoms with E-state index in [0.717, 1.165) is 16.9 Å². The van der Waals surface area contributed by atoms with Gasteiger partial charge in [0.15, 0.2) is 0 Å². The van der Waals surface area contributed by atoms with Crippen LogP contribution in [-0.4, -0.2) is 14.1 Å². The van der Waals surface area contributed by atoms with Gasteiger partial charge in [-0.25, -0.2) is 0 Å². The van der Waals surface area contributed by atoms with Gasteiger partial charge in [0.05, 0.1) is 28.3 Å². The molecule has 0 saturated heterocycles. The number of rotatable bonds is 4. The fraction of sp³-hybridized carbons (Fsp3) is 0. The first-order chi connectivity index (χ1) is 21.8. The summed E-state index contributed by atoms with van der Waals surface area (Å²) in [4.78, 5) is 4.46. The lowest BCUT2D eigenvalue weighted by Gasteiger charge is -2.10. The fourth-order valence-electron chi connectivity index (χ4n) is 6.77. The molecule has 9 rings (SSSR count). The van der Waals surface area contributed by atoms with Crippen LogP contribution in [0.2, 0.25) is 0 Å². The van der Waals surface area contributed by atoms with Crippen LogP contribution in [0.25, 0.3) is 77.2 Å². The maximum atomic E-state index is 4.46. The Labute approximate surface area is 254 Å². The largest absolute Gasteiger partial charge is 0.309 e. The topological polar surface area (TPSA) is 22.8 Å². The second-order valence-electron chi connectivity index (χ2n) is 11.3. The van der Waals surface area contributed by atoms with Gasteiger partial charge in [0.2, 0.25) is 0 Å². The van der Waals surface area contributed by atoms with E-state index in [1.54, 1.807) is 0 Å². The Bertz CT molecular complexity index is 2470.